The average molecular weight is 139 g/mol. The maximum atomic E-state index is 4.14. The highest BCUT2D eigenvalue weighted by molar-refractivity contribution is 5.40. The standard InChI is InChI=1S/C7H13N3/c1-4-8-7-6(2)9-5-10(7)3/h5,8H,4H2,1-3H3. The van der Waals surface area contributed by atoms with Crippen LogP contribution in [0.5, 0.6) is 0 Å². The highest BCUT2D eigenvalue weighted by Crippen LogP contribution is 2.09. The molecular formula is C7H13N3. The Labute approximate surface area is 61.1 Å². The predicted molar refractivity (Wildman–Crippen MR) is 42.1 cm³/mol. The predicted octanol–water partition coefficient (Wildman–Crippen LogP) is 1.16. The van der Waals surface area contributed by atoms with E-state index in [1.54, 1.807) is 0 Å². The maximum Gasteiger partial charge on any atom is 0.128 e. The summed E-state index contributed by atoms with van der Waals surface area (Å²) in [5.74, 6) is 1.11. The Hall–Kier alpha value is -0.990. The second kappa shape index (κ2) is 2.73. The minimum Gasteiger partial charge on any atom is -0.370 e. The summed E-state index contributed by atoms with van der Waals surface area (Å²) < 4.78 is 1.98. The van der Waals surface area contributed by atoms with Crippen molar-refractivity contribution in [2.75, 3.05) is 11.9 Å². The van der Waals surface area contributed by atoms with Gasteiger partial charge >= 0.3 is 0 Å². The molecule has 0 saturated heterocycles. The van der Waals surface area contributed by atoms with E-state index in [-0.39, 0.29) is 0 Å². The van der Waals surface area contributed by atoms with Crippen molar-refractivity contribution < 1.29 is 0 Å². The zero-order valence-electron chi connectivity index (χ0n) is 6.68. The summed E-state index contributed by atoms with van der Waals surface area (Å²) in [7, 11) is 1.98. The van der Waals surface area contributed by atoms with Crippen LogP contribution in [-0.2, 0) is 7.05 Å². The number of rotatable bonds is 2. The molecule has 0 unspecified atom stereocenters. The maximum absolute atomic E-state index is 4.14. The van der Waals surface area contributed by atoms with Crippen LogP contribution in [0.15, 0.2) is 6.33 Å². The number of nitrogens with one attached hydrogen (secondary N) is 1. The van der Waals surface area contributed by atoms with Gasteiger partial charge in [-0.3, -0.25) is 0 Å². The monoisotopic (exact) mass is 139 g/mol. The third-order valence-electron chi connectivity index (χ3n) is 1.46. The van der Waals surface area contributed by atoms with Gasteiger partial charge in [-0.1, -0.05) is 0 Å². The minimum atomic E-state index is 0.945. The number of anilines is 1. The van der Waals surface area contributed by atoms with Crippen molar-refractivity contribution in [1.82, 2.24) is 9.55 Å². The van der Waals surface area contributed by atoms with Gasteiger partial charge in [-0.15, -0.1) is 0 Å². The van der Waals surface area contributed by atoms with Crippen LogP contribution in [0.25, 0.3) is 0 Å². The largest absolute Gasteiger partial charge is 0.370 e. The molecule has 1 aromatic rings. The zero-order valence-corrected chi connectivity index (χ0v) is 6.68. The van der Waals surface area contributed by atoms with Crippen molar-refractivity contribution in [3.05, 3.63) is 12.0 Å². The van der Waals surface area contributed by atoms with E-state index in [4.69, 9.17) is 0 Å². The number of hydrogen-bond acceptors (Lipinski definition) is 2. The van der Waals surface area contributed by atoms with Crippen molar-refractivity contribution in [1.29, 1.82) is 0 Å². The molecule has 3 nitrogen and oxygen atoms in total. The number of aryl methyl sites for hydroxylation is 2. The van der Waals surface area contributed by atoms with E-state index in [1.165, 1.54) is 0 Å². The number of nitrogens with zero attached hydrogens (tertiary/aromatic N) is 2. The van der Waals surface area contributed by atoms with Gasteiger partial charge in [-0.05, 0) is 13.8 Å². The first-order valence-electron chi connectivity index (χ1n) is 3.47. The summed E-state index contributed by atoms with van der Waals surface area (Å²) in [6.45, 7) is 5.02. The van der Waals surface area contributed by atoms with Gasteiger partial charge in [0, 0.05) is 13.6 Å². The van der Waals surface area contributed by atoms with E-state index < -0.39 is 0 Å². The molecule has 0 radical (unpaired) electrons. The lowest BCUT2D eigenvalue weighted by atomic mass is 10.5. The molecule has 1 rings (SSSR count). The van der Waals surface area contributed by atoms with Gasteiger partial charge in [0.25, 0.3) is 0 Å². The summed E-state index contributed by atoms with van der Waals surface area (Å²) >= 11 is 0. The summed E-state index contributed by atoms with van der Waals surface area (Å²) in [4.78, 5) is 4.14. The van der Waals surface area contributed by atoms with E-state index in [2.05, 4.69) is 17.2 Å². The normalized spacial score (nSPS) is 9.90. The lowest BCUT2D eigenvalue weighted by Gasteiger charge is -2.03. The highest BCUT2D eigenvalue weighted by atomic mass is 15.1. The topological polar surface area (TPSA) is 29.9 Å². The third-order valence-corrected chi connectivity index (χ3v) is 1.46. The Morgan fingerprint density at radius 3 is 2.80 bits per heavy atom. The third kappa shape index (κ3) is 1.12. The molecule has 0 fully saturated rings. The van der Waals surface area contributed by atoms with E-state index in [0.29, 0.717) is 0 Å². The molecule has 0 atom stereocenters. The van der Waals surface area contributed by atoms with Gasteiger partial charge in [0.05, 0.1) is 12.0 Å². The fourth-order valence-electron chi connectivity index (χ4n) is 0.967. The Kier molecular flexibility index (Phi) is 1.94. The molecule has 0 aliphatic heterocycles. The lowest BCUT2D eigenvalue weighted by molar-refractivity contribution is 0.908. The first-order chi connectivity index (χ1) is 4.75. The second-order valence-corrected chi connectivity index (χ2v) is 2.32. The first kappa shape index (κ1) is 7.12. The van der Waals surface area contributed by atoms with Crippen LogP contribution < -0.4 is 5.32 Å². The van der Waals surface area contributed by atoms with Crippen LogP contribution in [0.2, 0.25) is 0 Å². The van der Waals surface area contributed by atoms with Crippen molar-refractivity contribution in [2.24, 2.45) is 7.05 Å². The number of imidazole rings is 1. The zero-order chi connectivity index (χ0) is 7.56. The summed E-state index contributed by atoms with van der Waals surface area (Å²) in [5, 5.41) is 3.22. The van der Waals surface area contributed by atoms with Crippen LogP contribution >= 0.6 is 0 Å². The molecule has 0 saturated carbocycles. The SMILES string of the molecule is CCNc1c(C)ncn1C. The van der Waals surface area contributed by atoms with E-state index in [1.807, 2.05) is 24.9 Å². The Morgan fingerprint density at radius 2 is 2.40 bits per heavy atom. The van der Waals surface area contributed by atoms with Crippen molar-refractivity contribution in [2.45, 2.75) is 13.8 Å². The molecule has 0 aromatic carbocycles. The van der Waals surface area contributed by atoms with Crippen molar-refractivity contribution in [3.8, 4) is 0 Å². The van der Waals surface area contributed by atoms with Gasteiger partial charge in [0.15, 0.2) is 0 Å². The first-order valence-corrected chi connectivity index (χ1v) is 3.47. The Bertz CT molecular complexity index is 195. The molecule has 0 aliphatic carbocycles. The molecule has 0 bridgehead atoms. The quantitative estimate of drug-likeness (QED) is 0.666. The van der Waals surface area contributed by atoms with Gasteiger partial charge in [-0.25, -0.2) is 4.98 Å². The second-order valence-electron chi connectivity index (χ2n) is 2.32. The lowest BCUT2D eigenvalue weighted by Crippen LogP contribution is -2.02. The smallest absolute Gasteiger partial charge is 0.128 e. The fraction of sp³-hybridized carbons (Fsp3) is 0.571. The molecule has 0 amide bonds. The molecule has 3 heteroatoms. The van der Waals surface area contributed by atoms with Crippen LogP contribution in [0.1, 0.15) is 12.6 Å². The summed E-state index contributed by atoms with van der Waals surface area (Å²) in [6.07, 6.45) is 1.81. The van der Waals surface area contributed by atoms with Gasteiger partial charge in [-0.2, -0.15) is 0 Å². The van der Waals surface area contributed by atoms with E-state index in [0.717, 1.165) is 18.1 Å². The van der Waals surface area contributed by atoms with Gasteiger partial charge in [0.2, 0.25) is 0 Å². The van der Waals surface area contributed by atoms with Crippen LogP contribution in [0.3, 0.4) is 0 Å². The molecule has 1 N–H and O–H groups in total. The Balaban J connectivity index is 2.87. The van der Waals surface area contributed by atoms with Crippen molar-refractivity contribution >= 4 is 5.82 Å². The van der Waals surface area contributed by atoms with Gasteiger partial charge in [0.1, 0.15) is 5.82 Å². The average Bonchev–Trinajstić information content (AvgIpc) is 2.20. The summed E-state index contributed by atoms with van der Waals surface area (Å²) in [6, 6.07) is 0. The Morgan fingerprint density at radius 1 is 1.70 bits per heavy atom. The number of hydrogen-bond donors (Lipinski definition) is 1. The molecule has 10 heavy (non-hydrogen) atoms. The summed E-state index contributed by atoms with van der Waals surface area (Å²) in [5.41, 5.74) is 1.06. The van der Waals surface area contributed by atoms with E-state index in [9.17, 15) is 0 Å². The highest BCUT2D eigenvalue weighted by Gasteiger charge is 2.00. The molecule has 1 heterocycles. The van der Waals surface area contributed by atoms with Gasteiger partial charge < -0.3 is 9.88 Å². The molecule has 0 spiro atoms. The van der Waals surface area contributed by atoms with Crippen LogP contribution in [-0.4, -0.2) is 16.1 Å². The van der Waals surface area contributed by atoms with E-state index >= 15 is 0 Å². The fourth-order valence-corrected chi connectivity index (χ4v) is 0.967. The molecule has 1 aromatic heterocycles. The molecule has 0 aliphatic rings. The molecular weight excluding hydrogens is 126 g/mol. The van der Waals surface area contributed by atoms with Crippen LogP contribution in [0.4, 0.5) is 5.82 Å². The molecule has 56 valence electrons. The minimum absolute atomic E-state index is 0.945. The number of aromatic nitrogens is 2. The van der Waals surface area contributed by atoms with Crippen LogP contribution in [0, 0.1) is 6.92 Å². The van der Waals surface area contributed by atoms with Crippen molar-refractivity contribution in [3.63, 3.8) is 0 Å².